The second-order valence-electron chi connectivity index (χ2n) is 6.57. The fraction of sp³-hybridized carbons (Fsp3) is 0.526. The van der Waals surface area contributed by atoms with Gasteiger partial charge in [-0.25, -0.2) is 14.7 Å². The highest BCUT2D eigenvalue weighted by Crippen LogP contribution is 2.25. The second kappa shape index (κ2) is 9.07. The molecule has 1 aliphatic rings. The van der Waals surface area contributed by atoms with Crippen molar-refractivity contribution in [3.8, 4) is 5.82 Å². The number of guanidine groups is 1. The summed E-state index contributed by atoms with van der Waals surface area (Å²) in [7, 11) is 0. The lowest BCUT2D eigenvalue weighted by molar-refractivity contribution is 0.727. The smallest absolute Gasteiger partial charge is 0.191 e. The molecule has 2 aromatic heterocycles. The highest BCUT2D eigenvalue weighted by molar-refractivity contribution is 8.00. The molecule has 0 bridgehead atoms. The molecule has 2 N–H and O–H groups in total. The summed E-state index contributed by atoms with van der Waals surface area (Å²) < 4.78 is 1.87. The van der Waals surface area contributed by atoms with Crippen LogP contribution in [0.15, 0.2) is 29.4 Å². The van der Waals surface area contributed by atoms with Gasteiger partial charge in [0.05, 0.1) is 12.2 Å². The molecular formula is C19H28N6S. The molecule has 26 heavy (non-hydrogen) atoms. The molecule has 0 saturated carbocycles. The third-order valence-electron chi connectivity index (χ3n) is 4.32. The Morgan fingerprint density at radius 3 is 2.85 bits per heavy atom. The van der Waals surface area contributed by atoms with E-state index in [2.05, 4.69) is 51.5 Å². The van der Waals surface area contributed by atoms with Crippen molar-refractivity contribution in [2.75, 3.05) is 18.8 Å². The minimum absolute atomic E-state index is 0.609. The van der Waals surface area contributed by atoms with Gasteiger partial charge in [-0.2, -0.15) is 16.9 Å². The van der Waals surface area contributed by atoms with Crippen molar-refractivity contribution in [2.24, 2.45) is 4.99 Å². The van der Waals surface area contributed by atoms with Crippen LogP contribution in [-0.4, -0.2) is 44.8 Å². The predicted molar refractivity (Wildman–Crippen MR) is 109 cm³/mol. The minimum atomic E-state index is 0.609. The minimum Gasteiger partial charge on any atom is -0.357 e. The first kappa shape index (κ1) is 18.8. The van der Waals surface area contributed by atoms with Gasteiger partial charge in [-0.05, 0) is 57.1 Å². The molecule has 0 aliphatic carbocycles. The Balaban J connectivity index is 1.60. The van der Waals surface area contributed by atoms with Crippen molar-refractivity contribution in [1.82, 2.24) is 25.4 Å². The van der Waals surface area contributed by atoms with E-state index in [4.69, 9.17) is 4.99 Å². The maximum Gasteiger partial charge on any atom is 0.191 e. The first-order chi connectivity index (χ1) is 12.7. The normalized spacial score (nSPS) is 17.5. The lowest BCUT2D eigenvalue weighted by Crippen LogP contribution is -2.40. The molecular weight excluding hydrogens is 344 g/mol. The maximum atomic E-state index is 4.69. The molecule has 6 nitrogen and oxygen atoms in total. The van der Waals surface area contributed by atoms with Crippen LogP contribution in [0.5, 0.6) is 0 Å². The van der Waals surface area contributed by atoms with Gasteiger partial charge < -0.3 is 10.6 Å². The van der Waals surface area contributed by atoms with Crippen LogP contribution in [0.3, 0.4) is 0 Å². The summed E-state index contributed by atoms with van der Waals surface area (Å²) >= 11 is 2.06. The molecule has 7 heteroatoms. The average Bonchev–Trinajstić information content (AvgIpc) is 3.27. The Kier molecular flexibility index (Phi) is 6.55. The molecule has 1 atom stereocenters. The standard InChI is InChI=1S/C19H28N6S/c1-4-20-19(23-13-17-6-5-9-26-17)22-12-16-7-8-18(21-11-16)25-15(3)10-14(2)24-25/h7-8,10-11,17H,4-6,9,12-13H2,1-3H3,(H2,20,22,23). The number of aromatic nitrogens is 3. The quantitative estimate of drug-likeness (QED) is 0.603. The van der Waals surface area contributed by atoms with Crippen LogP contribution in [0.2, 0.25) is 0 Å². The summed E-state index contributed by atoms with van der Waals surface area (Å²) in [6.45, 7) is 8.57. The zero-order valence-corrected chi connectivity index (χ0v) is 16.6. The van der Waals surface area contributed by atoms with E-state index in [9.17, 15) is 0 Å². The first-order valence-electron chi connectivity index (χ1n) is 9.28. The molecule has 0 spiro atoms. The molecule has 1 aliphatic heterocycles. The lowest BCUT2D eigenvalue weighted by Gasteiger charge is -2.14. The number of thioether (sulfide) groups is 1. The van der Waals surface area contributed by atoms with Gasteiger partial charge in [-0.3, -0.25) is 0 Å². The molecule has 0 aromatic carbocycles. The van der Waals surface area contributed by atoms with E-state index in [-0.39, 0.29) is 0 Å². The molecule has 0 radical (unpaired) electrons. The van der Waals surface area contributed by atoms with E-state index >= 15 is 0 Å². The van der Waals surface area contributed by atoms with Crippen molar-refractivity contribution in [3.63, 3.8) is 0 Å². The Morgan fingerprint density at radius 2 is 2.23 bits per heavy atom. The van der Waals surface area contributed by atoms with E-state index in [1.54, 1.807) is 0 Å². The van der Waals surface area contributed by atoms with Gasteiger partial charge in [0.1, 0.15) is 0 Å². The third-order valence-corrected chi connectivity index (χ3v) is 5.72. The van der Waals surface area contributed by atoms with Crippen molar-refractivity contribution in [1.29, 1.82) is 0 Å². The van der Waals surface area contributed by atoms with Crippen LogP contribution in [0, 0.1) is 13.8 Å². The Hall–Kier alpha value is -2.02. The number of aryl methyl sites for hydroxylation is 2. The maximum absolute atomic E-state index is 4.69. The Labute approximate surface area is 159 Å². The fourth-order valence-corrected chi connectivity index (χ4v) is 4.23. The van der Waals surface area contributed by atoms with Crippen molar-refractivity contribution in [3.05, 3.63) is 41.3 Å². The summed E-state index contributed by atoms with van der Waals surface area (Å²) in [5.41, 5.74) is 3.17. The van der Waals surface area contributed by atoms with Crippen molar-refractivity contribution in [2.45, 2.75) is 45.4 Å². The molecule has 140 valence electrons. The number of nitrogens with one attached hydrogen (secondary N) is 2. The molecule has 1 unspecified atom stereocenters. The van der Waals surface area contributed by atoms with E-state index in [1.165, 1.54) is 18.6 Å². The molecule has 1 fully saturated rings. The first-order valence-corrected chi connectivity index (χ1v) is 10.3. The van der Waals surface area contributed by atoms with E-state index < -0.39 is 0 Å². The molecule has 3 rings (SSSR count). The topological polar surface area (TPSA) is 67.1 Å². The van der Waals surface area contributed by atoms with E-state index in [0.717, 1.165) is 41.8 Å². The van der Waals surface area contributed by atoms with E-state index in [0.29, 0.717) is 11.8 Å². The SMILES string of the molecule is CCNC(=NCc1ccc(-n2nc(C)cc2C)nc1)NCC1CCCS1. The van der Waals surface area contributed by atoms with E-state index in [1.807, 2.05) is 30.8 Å². The average molecular weight is 373 g/mol. The molecule has 1 saturated heterocycles. The van der Waals surface area contributed by atoms with Gasteiger partial charge >= 0.3 is 0 Å². The van der Waals surface area contributed by atoms with Gasteiger partial charge in [0.2, 0.25) is 0 Å². The highest BCUT2D eigenvalue weighted by atomic mass is 32.2. The molecule has 3 heterocycles. The number of hydrogen-bond donors (Lipinski definition) is 2. The number of pyridine rings is 1. The van der Waals surface area contributed by atoms with Gasteiger partial charge in [0.15, 0.2) is 11.8 Å². The summed E-state index contributed by atoms with van der Waals surface area (Å²) in [5, 5.41) is 12.0. The zero-order valence-electron chi connectivity index (χ0n) is 15.8. The summed E-state index contributed by atoms with van der Waals surface area (Å²) in [5.74, 6) is 3.00. The predicted octanol–water partition coefficient (Wildman–Crippen LogP) is 2.83. The van der Waals surface area contributed by atoms with Crippen LogP contribution < -0.4 is 10.6 Å². The van der Waals surface area contributed by atoms with Crippen molar-refractivity contribution >= 4 is 17.7 Å². The third kappa shape index (κ3) is 5.00. The monoisotopic (exact) mass is 372 g/mol. The Bertz CT molecular complexity index is 731. The number of rotatable bonds is 6. The number of hydrogen-bond acceptors (Lipinski definition) is 4. The van der Waals surface area contributed by atoms with Crippen LogP contribution in [0.4, 0.5) is 0 Å². The lowest BCUT2D eigenvalue weighted by atomic mass is 10.2. The zero-order chi connectivity index (χ0) is 18.4. The number of aliphatic imine (C=N–C) groups is 1. The fourth-order valence-electron chi connectivity index (χ4n) is 3.02. The molecule has 0 amide bonds. The van der Waals surface area contributed by atoms with Crippen LogP contribution in [0.25, 0.3) is 5.82 Å². The second-order valence-corrected chi connectivity index (χ2v) is 7.98. The van der Waals surface area contributed by atoms with Gasteiger partial charge in [0.25, 0.3) is 0 Å². The summed E-state index contributed by atoms with van der Waals surface area (Å²) in [6.07, 6.45) is 4.51. The van der Waals surface area contributed by atoms with Gasteiger partial charge in [0, 0.05) is 30.2 Å². The van der Waals surface area contributed by atoms with Gasteiger partial charge in [-0.15, -0.1) is 0 Å². The summed E-state index contributed by atoms with van der Waals surface area (Å²) in [4.78, 5) is 9.23. The van der Waals surface area contributed by atoms with Crippen molar-refractivity contribution < 1.29 is 0 Å². The highest BCUT2D eigenvalue weighted by Gasteiger charge is 2.15. The summed E-state index contributed by atoms with van der Waals surface area (Å²) in [6, 6.07) is 6.12. The molecule has 2 aromatic rings. The van der Waals surface area contributed by atoms with Crippen LogP contribution in [0.1, 0.15) is 36.7 Å². The Morgan fingerprint density at radius 1 is 1.35 bits per heavy atom. The van der Waals surface area contributed by atoms with Crippen LogP contribution >= 0.6 is 11.8 Å². The largest absolute Gasteiger partial charge is 0.357 e. The number of nitrogens with zero attached hydrogens (tertiary/aromatic N) is 4. The van der Waals surface area contributed by atoms with Crippen LogP contribution in [-0.2, 0) is 6.54 Å². The van der Waals surface area contributed by atoms with Gasteiger partial charge in [-0.1, -0.05) is 6.07 Å².